The second-order valence-corrected chi connectivity index (χ2v) is 4.13. The molecule has 2 rings (SSSR count). The first-order valence-corrected chi connectivity index (χ1v) is 6.07. The molecule has 0 heterocycles. The van der Waals surface area contributed by atoms with E-state index < -0.39 is 11.7 Å². The molecule has 0 unspecified atom stereocenters. The third kappa shape index (κ3) is 3.48. The summed E-state index contributed by atoms with van der Waals surface area (Å²) in [6, 6.07) is 12.4. The molecule has 0 aromatic heterocycles. The van der Waals surface area contributed by atoms with E-state index in [2.05, 4.69) is 5.32 Å². The largest absolute Gasteiger partial charge is 0.479 e. The van der Waals surface area contributed by atoms with Crippen molar-refractivity contribution in [3.63, 3.8) is 0 Å². The van der Waals surface area contributed by atoms with Crippen LogP contribution in [0, 0.1) is 17.1 Å². The van der Waals surface area contributed by atoms with Crippen molar-refractivity contribution in [3.05, 3.63) is 53.8 Å². The molecule has 0 aliphatic carbocycles. The molecule has 0 bridgehead atoms. The molecule has 6 heteroatoms. The van der Waals surface area contributed by atoms with Crippen molar-refractivity contribution in [1.82, 2.24) is 0 Å². The Morgan fingerprint density at radius 1 is 1.33 bits per heavy atom. The summed E-state index contributed by atoms with van der Waals surface area (Å²) in [7, 11) is 0. The van der Waals surface area contributed by atoms with Gasteiger partial charge in [0.2, 0.25) is 0 Å². The number of amides is 1. The number of carbonyl (C=O) groups is 1. The van der Waals surface area contributed by atoms with Gasteiger partial charge in [-0.25, -0.2) is 4.39 Å². The molecule has 2 aromatic rings. The number of benzene rings is 2. The number of nitrogen functional groups attached to an aromatic ring is 1. The molecule has 21 heavy (non-hydrogen) atoms. The van der Waals surface area contributed by atoms with Gasteiger partial charge in [-0.05, 0) is 24.3 Å². The van der Waals surface area contributed by atoms with Gasteiger partial charge in [-0.1, -0.05) is 12.1 Å². The number of carbonyl (C=O) groups excluding carboxylic acids is 1. The lowest BCUT2D eigenvalue weighted by molar-refractivity contribution is 0.102. The Morgan fingerprint density at radius 3 is 2.86 bits per heavy atom. The molecule has 0 spiro atoms. The van der Waals surface area contributed by atoms with E-state index in [4.69, 9.17) is 15.7 Å². The number of nitrogens with two attached hydrogens (primary N) is 1. The van der Waals surface area contributed by atoms with E-state index in [0.717, 1.165) is 0 Å². The zero-order valence-corrected chi connectivity index (χ0v) is 11.0. The van der Waals surface area contributed by atoms with Gasteiger partial charge in [0.25, 0.3) is 5.91 Å². The highest BCUT2D eigenvalue weighted by Gasteiger charge is 2.12. The van der Waals surface area contributed by atoms with E-state index in [9.17, 15) is 9.18 Å². The number of para-hydroxylation sites is 1. The summed E-state index contributed by atoms with van der Waals surface area (Å²) in [5.41, 5.74) is 5.85. The number of nitrogens with one attached hydrogen (secondary N) is 1. The van der Waals surface area contributed by atoms with Crippen molar-refractivity contribution in [2.45, 2.75) is 0 Å². The summed E-state index contributed by atoms with van der Waals surface area (Å²) in [6.07, 6.45) is 0. The van der Waals surface area contributed by atoms with Gasteiger partial charge in [0, 0.05) is 11.8 Å². The molecule has 0 saturated carbocycles. The Hall–Kier alpha value is -3.07. The zero-order valence-electron chi connectivity index (χ0n) is 11.0. The van der Waals surface area contributed by atoms with Crippen molar-refractivity contribution in [3.8, 4) is 11.8 Å². The first-order chi connectivity index (χ1) is 10.1. The summed E-state index contributed by atoms with van der Waals surface area (Å²) < 4.78 is 18.5. The first-order valence-electron chi connectivity index (χ1n) is 6.07. The number of nitrogens with zero attached hydrogens (tertiary/aromatic N) is 1. The summed E-state index contributed by atoms with van der Waals surface area (Å²) in [6.45, 7) is -0.0890. The Labute approximate surface area is 120 Å². The second kappa shape index (κ2) is 6.39. The molecular weight excluding hydrogens is 273 g/mol. The molecule has 5 nitrogen and oxygen atoms in total. The van der Waals surface area contributed by atoms with Crippen molar-refractivity contribution in [2.24, 2.45) is 0 Å². The molecule has 0 aliphatic heterocycles. The third-order valence-corrected chi connectivity index (χ3v) is 2.69. The van der Waals surface area contributed by atoms with Crippen molar-refractivity contribution >= 4 is 17.3 Å². The van der Waals surface area contributed by atoms with Gasteiger partial charge in [0.05, 0.1) is 11.3 Å². The van der Waals surface area contributed by atoms with Gasteiger partial charge in [-0.15, -0.1) is 0 Å². The summed E-state index contributed by atoms with van der Waals surface area (Å²) in [5, 5.41) is 11.0. The number of nitriles is 1. The van der Waals surface area contributed by atoms with Crippen LogP contribution in [0.5, 0.6) is 5.75 Å². The molecular formula is C15H12FN3O2. The van der Waals surface area contributed by atoms with Crippen LogP contribution in [-0.4, -0.2) is 12.5 Å². The zero-order chi connectivity index (χ0) is 15.2. The van der Waals surface area contributed by atoms with Gasteiger partial charge in [-0.2, -0.15) is 5.26 Å². The van der Waals surface area contributed by atoms with E-state index in [1.165, 1.54) is 18.2 Å². The Kier molecular flexibility index (Phi) is 4.36. The SMILES string of the molecule is N#CCOc1cccc(NC(=O)c2cccc(F)c2N)c1. The van der Waals surface area contributed by atoms with Crippen LogP contribution in [-0.2, 0) is 0 Å². The van der Waals surface area contributed by atoms with Crippen molar-refractivity contribution in [1.29, 1.82) is 5.26 Å². The van der Waals surface area contributed by atoms with Gasteiger partial charge < -0.3 is 15.8 Å². The molecule has 1 amide bonds. The number of anilines is 2. The normalized spacial score (nSPS) is 9.71. The van der Waals surface area contributed by atoms with Gasteiger partial charge in [0.1, 0.15) is 17.6 Å². The smallest absolute Gasteiger partial charge is 0.257 e. The maximum absolute atomic E-state index is 13.3. The average molecular weight is 285 g/mol. The van der Waals surface area contributed by atoms with Gasteiger partial charge >= 0.3 is 0 Å². The number of halogens is 1. The van der Waals surface area contributed by atoms with E-state index in [-0.39, 0.29) is 17.9 Å². The molecule has 0 radical (unpaired) electrons. The maximum atomic E-state index is 13.3. The van der Waals surface area contributed by atoms with Crippen LogP contribution in [0.2, 0.25) is 0 Å². The van der Waals surface area contributed by atoms with E-state index in [1.807, 2.05) is 6.07 Å². The molecule has 0 aliphatic rings. The summed E-state index contributed by atoms with van der Waals surface area (Å²) in [5.74, 6) is -0.722. The number of hydrogen-bond donors (Lipinski definition) is 2. The molecule has 2 aromatic carbocycles. The van der Waals surface area contributed by atoms with Crippen molar-refractivity contribution in [2.75, 3.05) is 17.7 Å². The highest BCUT2D eigenvalue weighted by atomic mass is 19.1. The third-order valence-electron chi connectivity index (χ3n) is 2.69. The molecule has 0 atom stereocenters. The molecule has 106 valence electrons. The fourth-order valence-electron chi connectivity index (χ4n) is 1.71. The summed E-state index contributed by atoms with van der Waals surface area (Å²) in [4.78, 5) is 12.1. The predicted octanol–water partition coefficient (Wildman–Crippen LogP) is 2.56. The lowest BCUT2D eigenvalue weighted by Gasteiger charge is -2.09. The number of ether oxygens (including phenoxy) is 1. The number of hydrogen-bond acceptors (Lipinski definition) is 4. The molecule has 3 N–H and O–H groups in total. The average Bonchev–Trinajstić information content (AvgIpc) is 2.48. The standard InChI is InChI=1S/C15H12FN3O2/c16-13-6-2-5-12(14(13)18)15(20)19-10-3-1-4-11(9-10)21-8-7-17/h1-6,9H,8,18H2,(H,19,20). The maximum Gasteiger partial charge on any atom is 0.257 e. The van der Waals surface area contributed by atoms with Crippen LogP contribution in [0.25, 0.3) is 0 Å². The van der Waals surface area contributed by atoms with Gasteiger partial charge in [0.15, 0.2) is 6.61 Å². The highest BCUT2D eigenvalue weighted by molar-refractivity contribution is 6.07. The van der Waals surface area contributed by atoms with Crippen LogP contribution in [0.1, 0.15) is 10.4 Å². The summed E-state index contributed by atoms with van der Waals surface area (Å²) >= 11 is 0. The second-order valence-electron chi connectivity index (χ2n) is 4.13. The van der Waals surface area contributed by atoms with Crippen LogP contribution in [0.4, 0.5) is 15.8 Å². The quantitative estimate of drug-likeness (QED) is 0.845. The van der Waals surface area contributed by atoms with Crippen LogP contribution >= 0.6 is 0 Å². The van der Waals surface area contributed by atoms with Crippen LogP contribution in [0.3, 0.4) is 0 Å². The van der Waals surface area contributed by atoms with Crippen LogP contribution < -0.4 is 15.8 Å². The lowest BCUT2D eigenvalue weighted by Crippen LogP contribution is -2.14. The van der Waals surface area contributed by atoms with E-state index in [1.54, 1.807) is 24.3 Å². The first kappa shape index (κ1) is 14.3. The highest BCUT2D eigenvalue weighted by Crippen LogP contribution is 2.20. The lowest BCUT2D eigenvalue weighted by atomic mass is 10.1. The fraction of sp³-hybridized carbons (Fsp3) is 0.0667. The monoisotopic (exact) mass is 285 g/mol. The Morgan fingerprint density at radius 2 is 2.10 bits per heavy atom. The van der Waals surface area contributed by atoms with Crippen LogP contribution in [0.15, 0.2) is 42.5 Å². The molecule has 0 fully saturated rings. The topological polar surface area (TPSA) is 88.1 Å². The fourth-order valence-corrected chi connectivity index (χ4v) is 1.71. The predicted molar refractivity (Wildman–Crippen MR) is 76.3 cm³/mol. The number of rotatable bonds is 4. The minimum absolute atomic E-state index is 0.0540. The molecule has 0 saturated heterocycles. The minimum Gasteiger partial charge on any atom is -0.479 e. The van der Waals surface area contributed by atoms with E-state index >= 15 is 0 Å². The van der Waals surface area contributed by atoms with Gasteiger partial charge in [-0.3, -0.25) is 4.79 Å². The van der Waals surface area contributed by atoms with Crippen molar-refractivity contribution < 1.29 is 13.9 Å². The van der Waals surface area contributed by atoms with E-state index in [0.29, 0.717) is 11.4 Å². The Balaban J connectivity index is 2.16. The minimum atomic E-state index is -0.645. The Bertz CT molecular complexity index is 710.